The Hall–Kier alpha value is -3.15. The minimum absolute atomic E-state index is 0.0297. The molecule has 2 aromatic rings. The van der Waals surface area contributed by atoms with Gasteiger partial charge in [0.25, 0.3) is 0 Å². The molecular weight excluding hydrogens is 453 g/mol. The van der Waals surface area contributed by atoms with Crippen LogP contribution >= 0.6 is 0 Å². The van der Waals surface area contributed by atoms with E-state index in [4.69, 9.17) is 9.47 Å². The highest BCUT2D eigenvalue weighted by molar-refractivity contribution is 6.03. The number of hydrogen-bond acceptors (Lipinski definition) is 8. The third kappa shape index (κ3) is 4.86. The second-order valence-corrected chi connectivity index (χ2v) is 8.59. The van der Waals surface area contributed by atoms with Gasteiger partial charge in [0.05, 0.1) is 18.0 Å². The molecule has 2 aromatic heterocycles. The van der Waals surface area contributed by atoms with E-state index >= 15 is 0 Å². The number of ether oxygens (including phenoxy) is 2. The third-order valence-corrected chi connectivity index (χ3v) is 6.20. The van der Waals surface area contributed by atoms with E-state index in [9.17, 15) is 18.0 Å². The Balaban J connectivity index is 1.42. The lowest BCUT2D eigenvalue weighted by atomic mass is 10.1. The normalized spacial score (nSPS) is 23.3. The summed E-state index contributed by atoms with van der Waals surface area (Å²) in [7, 11) is 3.35. The average Bonchev–Trinajstić information content (AvgIpc) is 3.21. The van der Waals surface area contributed by atoms with Gasteiger partial charge in [-0.3, -0.25) is 4.79 Å². The molecular formula is C22H27F3N6O3. The molecule has 0 bridgehead atoms. The van der Waals surface area contributed by atoms with E-state index in [0.717, 1.165) is 25.1 Å². The molecule has 0 aromatic carbocycles. The van der Waals surface area contributed by atoms with Gasteiger partial charge >= 0.3 is 6.18 Å². The summed E-state index contributed by atoms with van der Waals surface area (Å²) in [5.41, 5.74) is 0.256. The molecule has 184 valence electrons. The van der Waals surface area contributed by atoms with E-state index in [1.165, 1.54) is 6.07 Å². The third-order valence-electron chi connectivity index (χ3n) is 6.20. The van der Waals surface area contributed by atoms with Crippen molar-refractivity contribution in [1.82, 2.24) is 15.0 Å². The molecule has 4 atom stereocenters. The van der Waals surface area contributed by atoms with Crippen molar-refractivity contribution < 1.29 is 27.4 Å². The van der Waals surface area contributed by atoms with Crippen LogP contribution in [0.3, 0.4) is 0 Å². The van der Waals surface area contributed by atoms with Gasteiger partial charge in [0.15, 0.2) is 5.82 Å². The number of likely N-dealkylation sites (N-methyl/N-ethyl adjacent to an activating group) is 1. The summed E-state index contributed by atoms with van der Waals surface area (Å²) in [5, 5.41) is 6.21. The van der Waals surface area contributed by atoms with Crippen molar-refractivity contribution >= 4 is 23.4 Å². The number of pyridine rings is 1. The number of methoxy groups -OCH3 is 1. The van der Waals surface area contributed by atoms with Crippen LogP contribution in [-0.4, -0.2) is 59.3 Å². The quantitative estimate of drug-likeness (QED) is 0.649. The van der Waals surface area contributed by atoms with Crippen LogP contribution in [0.2, 0.25) is 0 Å². The van der Waals surface area contributed by atoms with Gasteiger partial charge in [-0.05, 0) is 38.8 Å². The van der Waals surface area contributed by atoms with Gasteiger partial charge in [-0.2, -0.15) is 18.2 Å². The van der Waals surface area contributed by atoms with Crippen molar-refractivity contribution in [2.24, 2.45) is 0 Å². The fraction of sp³-hybridized carbons (Fsp3) is 0.545. The second kappa shape index (κ2) is 9.24. The van der Waals surface area contributed by atoms with Crippen LogP contribution in [0.25, 0.3) is 0 Å². The summed E-state index contributed by atoms with van der Waals surface area (Å²) in [6, 6.07) is 1.70. The lowest BCUT2D eigenvalue weighted by Crippen LogP contribution is -2.53. The fourth-order valence-electron chi connectivity index (χ4n) is 4.36. The van der Waals surface area contributed by atoms with E-state index in [-0.39, 0.29) is 24.2 Å². The van der Waals surface area contributed by atoms with Gasteiger partial charge in [0.1, 0.15) is 29.3 Å². The van der Waals surface area contributed by atoms with Crippen molar-refractivity contribution in [2.75, 3.05) is 29.7 Å². The highest BCUT2D eigenvalue weighted by Crippen LogP contribution is 2.35. The van der Waals surface area contributed by atoms with Crippen LogP contribution in [0.1, 0.15) is 37.6 Å². The largest absolute Gasteiger partial charge is 0.489 e. The van der Waals surface area contributed by atoms with Crippen molar-refractivity contribution in [2.45, 2.75) is 63.6 Å². The maximum atomic E-state index is 12.7. The Bertz CT molecular complexity index is 1050. The van der Waals surface area contributed by atoms with Crippen molar-refractivity contribution in [1.29, 1.82) is 0 Å². The number of aromatic nitrogens is 3. The van der Waals surface area contributed by atoms with Gasteiger partial charge in [0.2, 0.25) is 11.9 Å². The summed E-state index contributed by atoms with van der Waals surface area (Å²) in [4.78, 5) is 26.9. The van der Waals surface area contributed by atoms with E-state index in [1.54, 1.807) is 26.0 Å². The van der Waals surface area contributed by atoms with Crippen LogP contribution < -0.4 is 20.3 Å². The maximum absolute atomic E-state index is 12.7. The van der Waals surface area contributed by atoms with Crippen LogP contribution in [0.5, 0.6) is 5.75 Å². The molecule has 1 amide bonds. The Kier molecular flexibility index (Phi) is 6.52. The summed E-state index contributed by atoms with van der Waals surface area (Å²) in [6.45, 7) is 3.63. The number of rotatable bonds is 6. The molecule has 34 heavy (non-hydrogen) atoms. The van der Waals surface area contributed by atoms with Gasteiger partial charge in [-0.15, -0.1) is 0 Å². The number of alkyl halides is 3. The minimum atomic E-state index is -4.48. The number of carbonyl (C=O) groups is 1. The molecule has 3 heterocycles. The zero-order valence-corrected chi connectivity index (χ0v) is 19.3. The zero-order valence-electron chi connectivity index (χ0n) is 19.3. The van der Waals surface area contributed by atoms with Gasteiger partial charge in [0, 0.05) is 26.6 Å². The lowest BCUT2D eigenvalue weighted by molar-refractivity contribution is -0.141. The molecule has 0 spiro atoms. The molecule has 0 unspecified atom stereocenters. The van der Waals surface area contributed by atoms with Gasteiger partial charge in [-0.25, -0.2) is 9.97 Å². The fourth-order valence-corrected chi connectivity index (χ4v) is 4.36. The standard InChI is InChI=1S/C22H27F3N6O3/c1-11-17-19(31(3)18(12(2)33-4)20(32)29-17)30-21(27-11)28-13-5-6-14(9-13)34-15-7-8-16(26-10-15)22(23,24)25/h7-8,10,12-14,18H,5-6,9H2,1-4H3,(H,29,32)(H,27,28,30)/t12-,13-,14-,18+/m1/s1. The van der Waals surface area contributed by atoms with Crippen LogP contribution in [0.4, 0.5) is 30.6 Å². The first-order valence-electron chi connectivity index (χ1n) is 11.0. The molecule has 1 aliphatic carbocycles. The number of carbonyl (C=O) groups excluding carboxylic acids is 1. The second-order valence-electron chi connectivity index (χ2n) is 8.59. The molecule has 0 saturated heterocycles. The van der Waals surface area contributed by atoms with Crippen LogP contribution in [0, 0.1) is 6.92 Å². The molecule has 2 aliphatic rings. The Morgan fingerprint density at radius 1 is 1.26 bits per heavy atom. The Labute approximate surface area is 195 Å². The average molecular weight is 480 g/mol. The summed E-state index contributed by atoms with van der Waals surface area (Å²) in [6.07, 6.45) is -1.73. The van der Waals surface area contributed by atoms with E-state index in [1.807, 2.05) is 6.92 Å². The topological polar surface area (TPSA) is 102 Å². The summed E-state index contributed by atoms with van der Waals surface area (Å²) < 4.78 is 49.2. The summed E-state index contributed by atoms with van der Waals surface area (Å²) >= 11 is 0. The first-order chi connectivity index (χ1) is 16.1. The highest BCUT2D eigenvalue weighted by atomic mass is 19.4. The summed E-state index contributed by atoms with van der Waals surface area (Å²) in [5.74, 6) is 1.16. The SMILES string of the molecule is CO[C@H](C)[C@H]1C(=O)Nc2c(C)nc(N[C@@H]3CC[C@@H](Oc4ccc(C(F)(F)F)nc4)C3)nc2N1C. The van der Waals surface area contributed by atoms with Crippen molar-refractivity contribution in [3.05, 3.63) is 29.7 Å². The molecule has 1 aliphatic heterocycles. The molecule has 1 fully saturated rings. The number of nitrogens with one attached hydrogen (secondary N) is 2. The van der Waals surface area contributed by atoms with Crippen LogP contribution in [-0.2, 0) is 15.7 Å². The Morgan fingerprint density at radius 3 is 2.68 bits per heavy atom. The predicted octanol–water partition coefficient (Wildman–Crippen LogP) is 3.40. The smallest absolute Gasteiger partial charge is 0.433 e. The molecule has 1 saturated carbocycles. The lowest BCUT2D eigenvalue weighted by Gasteiger charge is -2.37. The number of nitrogens with zero attached hydrogens (tertiary/aromatic N) is 4. The number of anilines is 3. The first kappa shape index (κ1) is 24.0. The van der Waals surface area contributed by atoms with Crippen molar-refractivity contribution in [3.63, 3.8) is 0 Å². The van der Waals surface area contributed by atoms with Crippen molar-refractivity contribution in [3.8, 4) is 5.75 Å². The monoisotopic (exact) mass is 480 g/mol. The molecule has 12 heteroatoms. The molecule has 0 radical (unpaired) electrons. The first-order valence-corrected chi connectivity index (χ1v) is 11.0. The predicted molar refractivity (Wildman–Crippen MR) is 119 cm³/mol. The molecule has 9 nitrogen and oxygen atoms in total. The Morgan fingerprint density at radius 2 is 2.03 bits per heavy atom. The zero-order chi connectivity index (χ0) is 24.6. The number of amides is 1. The van der Waals surface area contributed by atoms with Gasteiger partial charge in [-0.1, -0.05) is 0 Å². The number of aryl methyl sites for hydroxylation is 1. The number of halogens is 3. The highest BCUT2D eigenvalue weighted by Gasteiger charge is 2.37. The maximum Gasteiger partial charge on any atom is 0.433 e. The molecule has 4 rings (SSSR count). The minimum Gasteiger partial charge on any atom is -0.489 e. The van der Waals surface area contributed by atoms with Crippen LogP contribution in [0.15, 0.2) is 18.3 Å². The van der Waals surface area contributed by atoms with E-state index < -0.39 is 17.9 Å². The molecule has 2 N–H and O–H groups in total. The number of fused-ring (bicyclic) bond motifs is 1. The van der Waals surface area contributed by atoms with Gasteiger partial charge < -0.3 is 25.0 Å². The van der Waals surface area contributed by atoms with E-state index in [2.05, 4.69) is 25.6 Å². The number of hydrogen-bond donors (Lipinski definition) is 2. The van der Waals surface area contributed by atoms with E-state index in [0.29, 0.717) is 35.3 Å².